The van der Waals surface area contributed by atoms with E-state index in [1.807, 2.05) is 54.6 Å². The van der Waals surface area contributed by atoms with Crippen molar-refractivity contribution < 1.29 is 11.9 Å². The molecule has 190 valence electrons. The van der Waals surface area contributed by atoms with E-state index < -0.39 is 18.0 Å². The van der Waals surface area contributed by atoms with E-state index in [0.29, 0.717) is 54.7 Å². The number of hydrogen-bond donors (Lipinski definition) is 1. The van der Waals surface area contributed by atoms with Crippen LogP contribution in [0.25, 0.3) is 11.3 Å². The summed E-state index contributed by atoms with van der Waals surface area (Å²) >= 11 is 0. The smallest absolute Gasteiger partial charge is 0.267 e. The summed E-state index contributed by atoms with van der Waals surface area (Å²) in [6, 6.07) is 19.1. The number of nitrogens with one attached hydrogen (secondary N) is 1. The van der Waals surface area contributed by atoms with Crippen molar-refractivity contribution in [2.45, 2.75) is 37.8 Å². The molecule has 3 aliphatic rings. The number of nitrogens with zero attached hydrogens (tertiary/aromatic N) is 6. The minimum Gasteiger partial charge on any atom is -0.340 e. The van der Waals surface area contributed by atoms with Gasteiger partial charge in [0.25, 0.3) is 5.91 Å². The van der Waals surface area contributed by atoms with E-state index in [2.05, 4.69) is 15.3 Å². The van der Waals surface area contributed by atoms with Crippen LogP contribution in [0.1, 0.15) is 37.9 Å². The predicted octanol–water partition coefficient (Wildman–Crippen LogP) is 5.06. The van der Waals surface area contributed by atoms with Crippen LogP contribution >= 0.6 is 0 Å². The first-order valence-electron chi connectivity index (χ1n) is 13.6. The van der Waals surface area contributed by atoms with Gasteiger partial charge in [-0.1, -0.05) is 48.5 Å². The van der Waals surface area contributed by atoms with Crippen LogP contribution in [0.4, 0.5) is 21.7 Å². The fraction of sp³-hybridized carbons (Fsp3) is 0.241. The van der Waals surface area contributed by atoms with Crippen molar-refractivity contribution in [3.05, 3.63) is 89.9 Å². The monoisotopic (exact) mass is 509 g/mol. The average Bonchev–Trinajstić information content (AvgIpc) is 3.52. The van der Waals surface area contributed by atoms with E-state index in [9.17, 15) is 10.6 Å². The van der Waals surface area contributed by atoms with Gasteiger partial charge in [0.2, 0.25) is 11.9 Å². The molecule has 0 unspecified atom stereocenters. The molecule has 0 spiro atoms. The first-order valence-corrected chi connectivity index (χ1v) is 12.6. The third-order valence-electron chi connectivity index (χ3n) is 7.16. The molecule has 2 aromatic carbocycles. The summed E-state index contributed by atoms with van der Waals surface area (Å²) < 4.78 is 33.7. The van der Waals surface area contributed by atoms with Gasteiger partial charge in [-0.15, -0.1) is 0 Å². The molecule has 2 atom stereocenters. The Morgan fingerprint density at radius 1 is 1.05 bits per heavy atom. The first kappa shape index (κ1) is 20.5. The minimum absolute atomic E-state index is 0.296. The van der Waals surface area contributed by atoms with Crippen molar-refractivity contribution >= 4 is 29.2 Å². The maximum Gasteiger partial charge on any atom is 0.267 e. The van der Waals surface area contributed by atoms with Crippen LogP contribution in [-0.2, 0) is 6.54 Å². The third-order valence-corrected chi connectivity index (χ3v) is 7.16. The summed E-state index contributed by atoms with van der Waals surface area (Å²) in [7, 11) is 1.63. The number of para-hydroxylation sites is 1. The second-order valence-electron chi connectivity index (χ2n) is 9.60. The molecule has 1 N–H and O–H groups in total. The molecule has 1 aliphatic carbocycles. The number of amides is 1. The molecule has 8 nitrogen and oxygen atoms in total. The molecule has 4 aromatic rings. The minimum atomic E-state index is -1.37. The van der Waals surface area contributed by atoms with Crippen molar-refractivity contribution in [3.8, 4) is 11.3 Å². The third kappa shape index (κ3) is 3.65. The Hall–Kier alpha value is -4.53. The lowest BCUT2D eigenvalue weighted by Crippen LogP contribution is -2.51. The number of guanidine groups is 1. The number of carbonyl (C=O) groups is 1. The van der Waals surface area contributed by atoms with Gasteiger partial charge in [-0.3, -0.25) is 14.6 Å². The van der Waals surface area contributed by atoms with Crippen molar-refractivity contribution in [1.29, 1.82) is 0 Å². The van der Waals surface area contributed by atoms with Crippen LogP contribution in [0.2, 0.25) is 0 Å². The molecule has 4 heterocycles. The lowest BCUT2D eigenvalue weighted by atomic mass is 10.1. The molecule has 9 heteroatoms. The topological polar surface area (TPSA) is 78.7 Å². The van der Waals surface area contributed by atoms with Crippen molar-refractivity contribution in [1.82, 2.24) is 19.7 Å². The number of aliphatic imine (C=N–C) groups is 1. The quantitative estimate of drug-likeness (QED) is 0.381. The molecule has 0 saturated heterocycles. The van der Waals surface area contributed by atoms with Crippen LogP contribution in [0, 0.1) is 5.95 Å². The number of benzene rings is 2. The van der Waals surface area contributed by atoms with Gasteiger partial charge in [0.1, 0.15) is 11.4 Å². The van der Waals surface area contributed by atoms with Crippen LogP contribution in [0.5, 0.6) is 0 Å². The van der Waals surface area contributed by atoms with Crippen LogP contribution < -0.4 is 10.2 Å². The Morgan fingerprint density at radius 2 is 1.87 bits per heavy atom. The fourth-order valence-corrected chi connectivity index (χ4v) is 5.30. The van der Waals surface area contributed by atoms with E-state index in [1.54, 1.807) is 28.8 Å². The molecule has 1 fully saturated rings. The Balaban J connectivity index is 1.32. The zero-order chi connectivity index (χ0) is 27.6. The summed E-state index contributed by atoms with van der Waals surface area (Å²) in [4.78, 5) is 25.4. The Bertz CT molecular complexity index is 1680. The summed E-state index contributed by atoms with van der Waals surface area (Å²) in [5.41, 5.74) is 3.35. The highest BCUT2D eigenvalue weighted by Gasteiger charge is 2.49. The highest BCUT2D eigenvalue weighted by molar-refractivity contribution is 6.21. The molecule has 0 radical (unpaired) electrons. The second kappa shape index (κ2) is 8.79. The number of fused-ring (bicyclic) bond motifs is 5. The lowest BCUT2D eigenvalue weighted by molar-refractivity contribution is 0.0866. The first-order chi connectivity index (χ1) is 19.3. The van der Waals surface area contributed by atoms with Crippen molar-refractivity contribution in [3.63, 3.8) is 0 Å². The molecule has 1 amide bonds. The van der Waals surface area contributed by atoms with Crippen LogP contribution in [0.15, 0.2) is 77.8 Å². The second-order valence-corrected chi connectivity index (χ2v) is 9.60. The molecule has 7 rings (SSSR count). The molecular weight excluding hydrogens is 481 g/mol. The van der Waals surface area contributed by atoms with Gasteiger partial charge in [0, 0.05) is 18.3 Å². The zero-order valence-electron chi connectivity index (χ0n) is 22.7. The Kier molecular flexibility index (Phi) is 4.75. The number of anilines is 3. The highest BCUT2D eigenvalue weighted by Crippen LogP contribution is 2.43. The fourth-order valence-electron chi connectivity index (χ4n) is 5.30. The van der Waals surface area contributed by atoms with Crippen molar-refractivity contribution in [2.24, 2.45) is 4.99 Å². The molecule has 1 saturated carbocycles. The molecule has 2 aliphatic heterocycles. The molecule has 0 bridgehead atoms. The normalized spacial score (nSPS) is 24.4. The van der Waals surface area contributed by atoms with Crippen LogP contribution in [0.3, 0.4) is 0 Å². The number of pyridine rings is 1. The van der Waals surface area contributed by atoms with Gasteiger partial charge < -0.3 is 5.32 Å². The van der Waals surface area contributed by atoms with Gasteiger partial charge in [-0.05, 0) is 49.1 Å². The van der Waals surface area contributed by atoms with Gasteiger partial charge >= 0.3 is 0 Å². The lowest BCUT2D eigenvalue weighted by Gasteiger charge is -2.34. The van der Waals surface area contributed by atoms with Crippen LogP contribution in [-0.4, -0.2) is 50.6 Å². The zero-order valence-corrected chi connectivity index (χ0v) is 20.7. The summed E-state index contributed by atoms with van der Waals surface area (Å²) in [6.07, 6.45) is 1.61. The number of rotatable bonds is 5. The largest absolute Gasteiger partial charge is 0.340 e. The molecule has 2 aromatic heterocycles. The van der Waals surface area contributed by atoms with Gasteiger partial charge in [0.05, 0.1) is 27.0 Å². The van der Waals surface area contributed by atoms with E-state index in [0.717, 1.165) is 16.8 Å². The standard InChI is InChI=1S/C29H26FN7O/c1-35-28(38)25-26(31-20-7-3-2-4-8-20)36(34-27(25)37-23-11-5-10-22(23)33-29(35)37)17-18-13-15-19(16-14-18)21-9-6-12-24(30)32-21/h2-4,6-9,12-16,22-23,31H,5,10-11,17H2,1H3/t22-,23+/m1/s1/i22D,23D. The average molecular weight is 510 g/mol. The highest BCUT2D eigenvalue weighted by atomic mass is 19.1. The van der Waals surface area contributed by atoms with Gasteiger partial charge in [-0.25, -0.2) is 14.7 Å². The predicted molar refractivity (Wildman–Crippen MR) is 144 cm³/mol. The SMILES string of the molecule is [2H][C@@]12CCC[C@]1([2H])N1C(=N2)N(C)C(=O)c2c1nn(Cc1ccc(-c3cccc(F)n3)cc1)c2Nc1ccccc1. The Morgan fingerprint density at radius 3 is 2.66 bits per heavy atom. The van der Waals surface area contributed by atoms with E-state index >= 15 is 0 Å². The summed E-state index contributed by atoms with van der Waals surface area (Å²) in [5, 5.41) is 8.27. The summed E-state index contributed by atoms with van der Waals surface area (Å²) in [5.74, 6) is 0.300. The molecular formula is C29H26FN7O. The number of aromatic nitrogens is 3. The van der Waals surface area contributed by atoms with E-state index in [4.69, 9.17) is 6.47 Å². The Labute approximate surface area is 222 Å². The van der Waals surface area contributed by atoms with E-state index in [-0.39, 0.29) is 5.91 Å². The van der Waals surface area contributed by atoms with Gasteiger partial charge in [0.15, 0.2) is 5.82 Å². The number of carbonyl (C=O) groups excluding carboxylic acids is 1. The summed E-state index contributed by atoms with van der Waals surface area (Å²) in [6.45, 7) is 0.327. The number of hydrogen-bond acceptors (Lipinski definition) is 6. The molecule has 38 heavy (non-hydrogen) atoms. The van der Waals surface area contributed by atoms with E-state index in [1.165, 1.54) is 11.0 Å². The maximum atomic E-state index is 13.8. The van der Waals surface area contributed by atoms with Gasteiger partial charge in [-0.2, -0.15) is 9.49 Å². The number of halogens is 1. The van der Waals surface area contributed by atoms with Crippen molar-refractivity contribution in [2.75, 3.05) is 17.3 Å². The maximum absolute atomic E-state index is 13.8.